The van der Waals surface area contributed by atoms with E-state index in [0.717, 1.165) is 16.8 Å². The van der Waals surface area contributed by atoms with Gasteiger partial charge >= 0.3 is 0 Å². The number of nitrogen functional groups attached to an aromatic ring is 1. The molecule has 0 saturated heterocycles. The molecule has 16 heavy (non-hydrogen) atoms. The number of anilines is 1. The van der Waals surface area contributed by atoms with Crippen molar-refractivity contribution in [3.8, 4) is 11.1 Å². The first-order valence-corrected chi connectivity index (χ1v) is 5.30. The first-order chi connectivity index (χ1) is 7.50. The summed E-state index contributed by atoms with van der Waals surface area (Å²) in [6.07, 6.45) is 0. The molecule has 2 rings (SSSR count). The number of benzene rings is 1. The predicted octanol–water partition coefficient (Wildman–Crippen LogP) is 3.16. The predicted molar refractivity (Wildman–Crippen MR) is 65.3 cm³/mol. The second-order valence-electron chi connectivity index (χ2n) is 4.28. The summed E-state index contributed by atoms with van der Waals surface area (Å²) in [6, 6.07) is 4.29. The van der Waals surface area contributed by atoms with E-state index in [2.05, 4.69) is 38.1 Å². The third kappa shape index (κ3) is 1.58. The Labute approximate surface area is 95.3 Å². The van der Waals surface area contributed by atoms with Crippen LogP contribution < -0.4 is 5.73 Å². The molecule has 3 heteroatoms. The number of aromatic nitrogens is 1. The molecule has 1 aromatic heterocycles. The number of hydrogen-bond donors (Lipinski definition) is 1. The van der Waals surface area contributed by atoms with Crippen LogP contribution in [-0.4, -0.2) is 5.16 Å². The van der Waals surface area contributed by atoms with E-state index >= 15 is 0 Å². The Morgan fingerprint density at radius 3 is 2.00 bits per heavy atom. The van der Waals surface area contributed by atoms with E-state index in [1.807, 2.05) is 6.92 Å². The highest BCUT2D eigenvalue weighted by molar-refractivity contribution is 5.79. The SMILES string of the molecule is Cc1cc(C)c(-c2c(C)noc2N)c(C)c1. The van der Waals surface area contributed by atoms with E-state index in [1.54, 1.807) is 0 Å². The topological polar surface area (TPSA) is 52.0 Å². The molecule has 0 aliphatic rings. The fourth-order valence-corrected chi connectivity index (χ4v) is 2.27. The van der Waals surface area contributed by atoms with E-state index in [4.69, 9.17) is 10.3 Å². The zero-order chi connectivity index (χ0) is 11.9. The number of nitrogens with zero attached hydrogens (tertiary/aromatic N) is 1. The minimum atomic E-state index is 0.396. The monoisotopic (exact) mass is 216 g/mol. The van der Waals surface area contributed by atoms with Gasteiger partial charge in [-0.15, -0.1) is 0 Å². The van der Waals surface area contributed by atoms with E-state index in [0.29, 0.717) is 5.88 Å². The molecular formula is C13H16N2O. The minimum absolute atomic E-state index is 0.396. The maximum Gasteiger partial charge on any atom is 0.230 e. The van der Waals surface area contributed by atoms with E-state index < -0.39 is 0 Å². The van der Waals surface area contributed by atoms with Gasteiger partial charge in [-0.1, -0.05) is 22.9 Å². The second kappa shape index (κ2) is 3.67. The molecule has 0 fully saturated rings. The van der Waals surface area contributed by atoms with Crippen LogP contribution in [-0.2, 0) is 0 Å². The molecule has 1 heterocycles. The number of hydrogen-bond acceptors (Lipinski definition) is 3. The molecule has 0 bridgehead atoms. The van der Waals surface area contributed by atoms with Gasteiger partial charge in [0, 0.05) is 0 Å². The highest BCUT2D eigenvalue weighted by atomic mass is 16.5. The quantitative estimate of drug-likeness (QED) is 0.796. The Bertz CT molecular complexity index is 498. The lowest BCUT2D eigenvalue weighted by Crippen LogP contribution is -1.94. The Hall–Kier alpha value is -1.77. The molecule has 0 aliphatic carbocycles. The Morgan fingerprint density at radius 1 is 1.00 bits per heavy atom. The van der Waals surface area contributed by atoms with Crippen molar-refractivity contribution >= 4 is 5.88 Å². The molecule has 0 atom stereocenters. The van der Waals surface area contributed by atoms with Crippen LogP contribution in [0.4, 0.5) is 5.88 Å². The van der Waals surface area contributed by atoms with Gasteiger partial charge in [0.25, 0.3) is 0 Å². The van der Waals surface area contributed by atoms with E-state index in [-0.39, 0.29) is 0 Å². The van der Waals surface area contributed by atoms with Crippen LogP contribution in [0.15, 0.2) is 16.7 Å². The lowest BCUT2D eigenvalue weighted by molar-refractivity contribution is 0.431. The van der Waals surface area contributed by atoms with Crippen molar-refractivity contribution in [3.63, 3.8) is 0 Å². The smallest absolute Gasteiger partial charge is 0.230 e. The maximum atomic E-state index is 5.82. The van der Waals surface area contributed by atoms with Crippen LogP contribution in [0, 0.1) is 27.7 Å². The number of rotatable bonds is 1. The number of aryl methyl sites for hydroxylation is 4. The zero-order valence-corrected chi connectivity index (χ0v) is 10.1. The van der Waals surface area contributed by atoms with Gasteiger partial charge in [-0.3, -0.25) is 0 Å². The summed E-state index contributed by atoms with van der Waals surface area (Å²) in [5.74, 6) is 0.396. The maximum absolute atomic E-state index is 5.82. The summed E-state index contributed by atoms with van der Waals surface area (Å²) in [4.78, 5) is 0. The van der Waals surface area contributed by atoms with Gasteiger partial charge in [-0.05, 0) is 44.4 Å². The third-order valence-electron chi connectivity index (χ3n) is 2.82. The Morgan fingerprint density at radius 2 is 1.56 bits per heavy atom. The summed E-state index contributed by atoms with van der Waals surface area (Å²) < 4.78 is 5.02. The second-order valence-corrected chi connectivity index (χ2v) is 4.28. The minimum Gasteiger partial charge on any atom is -0.367 e. The molecule has 0 radical (unpaired) electrons. The molecule has 0 unspecified atom stereocenters. The van der Waals surface area contributed by atoms with Crippen molar-refractivity contribution in [2.75, 3.05) is 5.73 Å². The molecular weight excluding hydrogens is 200 g/mol. The average molecular weight is 216 g/mol. The van der Waals surface area contributed by atoms with Crippen LogP contribution in [0.1, 0.15) is 22.4 Å². The zero-order valence-electron chi connectivity index (χ0n) is 10.1. The van der Waals surface area contributed by atoms with Crippen LogP contribution in [0.2, 0.25) is 0 Å². The highest BCUT2D eigenvalue weighted by Gasteiger charge is 2.16. The van der Waals surface area contributed by atoms with E-state index in [9.17, 15) is 0 Å². The van der Waals surface area contributed by atoms with Crippen molar-refractivity contribution in [3.05, 3.63) is 34.5 Å². The van der Waals surface area contributed by atoms with Crippen molar-refractivity contribution in [1.82, 2.24) is 5.16 Å². The fourth-order valence-electron chi connectivity index (χ4n) is 2.27. The van der Waals surface area contributed by atoms with Crippen molar-refractivity contribution in [1.29, 1.82) is 0 Å². The summed E-state index contributed by atoms with van der Waals surface area (Å²) in [7, 11) is 0. The lowest BCUT2D eigenvalue weighted by atomic mass is 9.94. The first-order valence-electron chi connectivity index (χ1n) is 5.30. The average Bonchev–Trinajstić information content (AvgIpc) is 2.47. The van der Waals surface area contributed by atoms with Crippen molar-refractivity contribution in [2.24, 2.45) is 0 Å². The van der Waals surface area contributed by atoms with Gasteiger partial charge in [-0.25, -0.2) is 0 Å². The largest absolute Gasteiger partial charge is 0.367 e. The normalized spacial score (nSPS) is 10.8. The van der Waals surface area contributed by atoms with Gasteiger partial charge in [0.1, 0.15) is 0 Å². The van der Waals surface area contributed by atoms with Crippen LogP contribution in [0.3, 0.4) is 0 Å². The molecule has 2 aromatic rings. The molecule has 0 amide bonds. The highest BCUT2D eigenvalue weighted by Crippen LogP contribution is 2.34. The summed E-state index contributed by atoms with van der Waals surface area (Å²) in [5.41, 5.74) is 12.4. The molecule has 84 valence electrons. The van der Waals surface area contributed by atoms with Gasteiger partial charge in [-0.2, -0.15) is 0 Å². The summed E-state index contributed by atoms with van der Waals surface area (Å²) in [6.45, 7) is 8.17. The fraction of sp³-hybridized carbons (Fsp3) is 0.308. The van der Waals surface area contributed by atoms with E-state index in [1.165, 1.54) is 16.7 Å². The molecule has 2 N–H and O–H groups in total. The summed E-state index contributed by atoms with van der Waals surface area (Å²) in [5, 5.41) is 3.90. The van der Waals surface area contributed by atoms with Crippen molar-refractivity contribution in [2.45, 2.75) is 27.7 Å². The van der Waals surface area contributed by atoms with Gasteiger partial charge in [0.15, 0.2) is 0 Å². The molecule has 3 nitrogen and oxygen atoms in total. The van der Waals surface area contributed by atoms with Gasteiger partial charge in [0.05, 0.1) is 11.3 Å². The molecule has 0 aliphatic heterocycles. The Kier molecular flexibility index (Phi) is 2.46. The van der Waals surface area contributed by atoms with Gasteiger partial charge < -0.3 is 10.3 Å². The van der Waals surface area contributed by atoms with Crippen molar-refractivity contribution < 1.29 is 4.52 Å². The molecule has 0 spiro atoms. The van der Waals surface area contributed by atoms with Crippen LogP contribution in [0.5, 0.6) is 0 Å². The first kappa shape index (κ1) is 10.7. The standard InChI is InChI=1S/C13H16N2O/c1-7-5-8(2)11(9(3)6-7)12-10(4)15-16-13(12)14/h5-6H,14H2,1-4H3. The Balaban J connectivity index is 2.74. The van der Waals surface area contributed by atoms with Gasteiger partial charge in [0.2, 0.25) is 5.88 Å². The third-order valence-corrected chi connectivity index (χ3v) is 2.82. The summed E-state index contributed by atoms with van der Waals surface area (Å²) >= 11 is 0. The van der Waals surface area contributed by atoms with Crippen LogP contribution >= 0.6 is 0 Å². The molecule has 1 aromatic carbocycles. The lowest BCUT2D eigenvalue weighted by Gasteiger charge is -2.10. The van der Waals surface area contributed by atoms with Crippen LogP contribution in [0.25, 0.3) is 11.1 Å². The number of nitrogens with two attached hydrogens (primary N) is 1. The molecule has 0 saturated carbocycles.